The fourth-order valence-corrected chi connectivity index (χ4v) is 4.32. The SMILES string of the molecule is COc1ccc(C(=O)N(Cc2ccc3c(c2)OCO3)C2CC(=O)N(c3ccc(OC)cc3)C2=O)cc1. The van der Waals surface area contributed by atoms with Crippen LogP contribution in [0.15, 0.2) is 66.7 Å². The molecule has 2 aliphatic heterocycles. The monoisotopic (exact) mass is 488 g/mol. The first-order valence-corrected chi connectivity index (χ1v) is 11.3. The molecule has 3 amide bonds. The molecule has 0 N–H and O–H groups in total. The molecule has 0 radical (unpaired) electrons. The number of rotatable bonds is 7. The first-order valence-electron chi connectivity index (χ1n) is 11.3. The molecule has 3 aromatic rings. The minimum Gasteiger partial charge on any atom is -0.497 e. The van der Waals surface area contributed by atoms with Crippen LogP contribution < -0.4 is 23.8 Å². The number of methoxy groups -OCH3 is 2. The van der Waals surface area contributed by atoms with Crippen molar-refractivity contribution in [2.24, 2.45) is 0 Å². The number of fused-ring (bicyclic) bond motifs is 1. The van der Waals surface area contributed by atoms with Gasteiger partial charge in [-0.3, -0.25) is 14.4 Å². The molecule has 0 saturated carbocycles. The van der Waals surface area contributed by atoms with E-state index in [1.807, 2.05) is 6.07 Å². The van der Waals surface area contributed by atoms with Crippen LogP contribution in [0.4, 0.5) is 5.69 Å². The van der Waals surface area contributed by atoms with Crippen molar-refractivity contribution < 1.29 is 33.3 Å². The van der Waals surface area contributed by atoms with Gasteiger partial charge in [0.2, 0.25) is 12.7 Å². The summed E-state index contributed by atoms with van der Waals surface area (Å²) >= 11 is 0. The van der Waals surface area contributed by atoms with Crippen LogP contribution in [0.5, 0.6) is 23.0 Å². The second kappa shape index (κ2) is 9.61. The molecule has 1 atom stereocenters. The third-order valence-electron chi connectivity index (χ3n) is 6.22. The van der Waals surface area contributed by atoms with Gasteiger partial charge in [0.1, 0.15) is 17.5 Å². The van der Waals surface area contributed by atoms with Crippen molar-refractivity contribution in [3.8, 4) is 23.0 Å². The Labute approximate surface area is 207 Å². The van der Waals surface area contributed by atoms with Crippen LogP contribution in [-0.2, 0) is 16.1 Å². The first kappa shape index (κ1) is 23.2. The van der Waals surface area contributed by atoms with E-state index in [4.69, 9.17) is 18.9 Å². The Kier molecular flexibility index (Phi) is 6.20. The standard InChI is InChI=1S/C27H24N2O7/c1-33-20-8-4-18(5-9-20)26(31)28(15-17-3-12-23-24(13-17)36-16-35-23)22-14-25(30)29(27(22)32)19-6-10-21(34-2)11-7-19/h3-13,22H,14-16H2,1-2H3. The van der Waals surface area contributed by atoms with E-state index >= 15 is 0 Å². The molecular formula is C27H24N2O7. The average molecular weight is 488 g/mol. The summed E-state index contributed by atoms with van der Waals surface area (Å²) in [6, 6.07) is 17.6. The molecule has 36 heavy (non-hydrogen) atoms. The highest BCUT2D eigenvalue weighted by Crippen LogP contribution is 2.34. The number of carbonyl (C=O) groups is 3. The lowest BCUT2D eigenvalue weighted by molar-refractivity contribution is -0.122. The number of imide groups is 1. The molecule has 3 aromatic carbocycles. The molecule has 2 aliphatic rings. The zero-order chi connectivity index (χ0) is 25.2. The zero-order valence-corrected chi connectivity index (χ0v) is 19.8. The van der Waals surface area contributed by atoms with Gasteiger partial charge < -0.3 is 23.8 Å². The molecule has 0 spiro atoms. The predicted molar refractivity (Wildman–Crippen MR) is 129 cm³/mol. The van der Waals surface area contributed by atoms with E-state index in [0.717, 1.165) is 10.5 Å². The number of hydrogen-bond acceptors (Lipinski definition) is 7. The average Bonchev–Trinajstić information content (AvgIpc) is 3.50. The van der Waals surface area contributed by atoms with Gasteiger partial charge in [-0.2, -0.15) is 0 Å². The maximum absolute atomic E-state index is 13.7. The topological polar surface area (TPSA) is 94.6 Å². The number of anilines is 1. The largest absolute Gasteiger partial charge is 0.497 e. The van der Waals surface area contributed by atoms with Crippen molar-refractivity contribution >= 4 is 23.4 Å². The Balaban J connectivity index is 1.47. The highest BCUT2D eigenvalue weighted by atomic mass is 16.7. The number of carbonyl (C=O) groups excluding carboxylic acids is 3. The van der Waals surface area contributed by atoms with Gasteiger partial charge in [0.05, 0.1) is 26.3 Å². The van der Waals surface area contributed by atoms with Gasteiger partial charge in [-0.1, -0.05) is 6.07 Å². The lowest BCUT2D eigenvalue weighted by atomic mass is 10.1. The number of hydrogen-bond donors (Lipinski definition) is 0. The molecule has 9 nitrogen and oxygen atoms in total. The van der Waals surface area contributed by atoms with Gasteiger partial charge in [0.25, 0.3) is 11.8 Å². The second-order valence-corrected chi connectivity index (χ2v) is 8.33. The molecule has 0 aliphatic carbocycles. The zero-order valence-electron chi connectivity index (χ0n) is 19.8. The molecule has 2 heterocycles. The predicted octanol–water partition coefficient (Wildman–Crippen LogP) is 3.41. The van der Waals surface area contributed by atoms with Crippen molar-refractivity contribution in [2.45, 2.75) is 19.0 Å². The third-order valence-corrected chi connectivity index (χ3v) is 6.22. The van der Waals surface area contributed by atoms with Gasteiger partial charge in [-0.25, -0.2) is 4.90 Å². The quantitative estimate of drug-likeness (QED) is 0.471. The maximum atomic E-state index is 13.7. The molecular weight excluding hydrogens is 464 g/mol. The highest BCUT2D eigenvalue weighted by Gasteiger charge is 2.44. The smallest absolute Gasteiger partial charge is 0.257 e. The van der Waals surface area contributed by atoms with E-state index in [2.05, 4.69) is 0 Å². The summed E-state index contributed by atoms with van der Waals surface area (Å²) in [6.07, 6.45) is -0.128. The number of ether oxygens (including phenoxy) is 4. The number of amides is 3. The Morgan fingerprint density at radius 2 is 1.56 bits per heavy atom. The van der Waals surface area contributed by atoms with E-state index in [-0.39, 0.29) is 31.6 Å². The van der Waals surface area contributed by atoms with E-state index in [1.54, 1.807) is 67.8 Å². The molecule has 1 saturated heterocycles. The van der Waals surface area contributed by atoms with Gasteiger partial charge in [-0.15, -0.1) is 0 Å². The number of nitrogens with zero attached hydrogens (tertiary/aromatic N) is 2. The highest BCUT2D eigenvalue weighted by molar-refractivity contribution is 6.23. The van der Waals surface area contributed by atoms with Crippen LogP contribution in [0, 0.1) is 0 Å². The summed E-state index contributed by atoms with van der Waals surface area (Å²) in [7, 11) is 3.08. The van der Waals surface area contributed by atoms with Crippen molar-refractivity contribution in [1.82, 2.24) is 4.90 Å². The molecule has 1 unspecified atom stereocenters. The summed E-state index contributed by atoms with van der Waals surface area (Å²) in [5.41, 5.74) is 1.54. The molecule has 9 heteroatoms. The van der Waals surface area contributed by atoms with E-state index < -0.39 is 11.9 Å². The fourth-order valence-electron chi connectivity index (χ4n) is 4.32. The lowest BCUT2D eigenvalue weighted by Crippen LogP contribution is -2.45. The minimum absolute atomic E-state index is 0.0989. The molecule has 0 bridgehead atoms. The van der Waals surface area contributed by atoms with E-state index in [9.17, 15) is 14.4 Å². The van der Waals surface area contributed by atoms with Crippen molar-refractivity contribution in [1.29, 1.82) is 0 Å². The summed E-state index contributed by atoms with van der Waals surface area (Å²) in [5, 5.41) is 0. The van der Waals surface area contributed by atoms with Crippen LogP contribution in [0.25, 0.3) is 0 Å². The normalized spacial score (nSPS) is 16.3. The summed E-state index contributed by atoms with van der Waals surface area (Å²) in [6.45, 7) is 0.224. The minimum atomic E-state index is -0.973. The first-order chi connectivity index (χ1) is 17.5. The van der Waals surface area contributed by atoms with Crippen molar-refractivity contribution in [2.75, 3.05) is 25.9 Å². The lowest BCUT2D eigenvalue weighted by Gasteiger charge is -2.28. The van der Waals surface area contributed by atoms with Gasteiger partial charge in [0, 0.05) is 12.1 Å². The van der Waals surface area contributed by atoms with Crippen LogP contribution in [-0.4, -0.2) is 49.7 Å². The van der Waals surface area contributed by atoms with Crippen LogP contribution >= 0.6 is 0 Å². The summed E-state index contributed by atoms with van der Waals surface area (Å²) in [5.74, 6) is 1.17. The van der Waals surface area contributed by atoms with Gasteiger partial charge >= 0.3 is 0 Å². The maximum Gasteiger partial charge on any atom is 0.257 e. The van der Waals surface area contributed by atoms with Crippen molar-refractivity contribution in [3.63, 3.8) is 0 Å². The second-order valence-electron chi connectivity index (χ2n) is 8.33. The van der Waals surface area contributed by atoms with Crippen LogP contribution in [0.3, 0.4) is 0 Å². The Morgan fingerprint density at radius 1 is 0.917 bits per heavy atom. The van der Waals surface area contributed by atoms with Crippen molar-refractivity contribution in [3.05, 3.63) is 77.9 Å². The van der Waals surface area contributed by atoms with Gasteiger partial charge in [0.15, 0.2) is 11.5 Å². The molecule has 1 fully saturated rings. The van der Waals surface area contributed by atoms with E-state index in [0.29, 0.717) is 34.2 Å². The van der Waals surface area contributed by atoms with Crippen LogP contribution in [0.2, 0.25) is 0 Å². The summed E-state index contributed by atoms with van der Waals surface area (Å²) < 4.78 is 21.2. The molecule has 184 valence electrons. The molecule has 0 aromatic heterocycles. The van der Waals surface area contributed by atoms with E-state index in [1.165, 1.54) is 12.0 Å². The third kappa shape index (κ3) is 4.31. The van der Waals surface area contributed by atoms with Crippen LogP contribution in [0.1, 0.15) is 22.3 Å². The Hall–Kier alpha value is -4.53. The molecule has 5 rings (SSSR count). The van der Waals surface area contributed by atoms with Gasteiger partial charge in [-0.05, 0) is 66.2 Å². The Morgan fingerprint density at radius 3 is 2.22 bits per heavy atom. The number of benzene rings is 3. The fraction of sp³-hybridized carbons (Fsp3) is 0.222. The summed E-state index contributed by atoms with van der Waals surface area (Å²) in [4.78, 5) is 42.8. The Bertz CT molecular complexity index is 1300.